The van der Waals surface area contributed by atoms with Gasteiger partial charge in [-0.2, -0.15) is 9.97 Å². The van der Waals surface area contributed by atoms with Crippen LogP contribution in [0.4, 0.5) is 0 Å². The maximum atomic E-state index is 13.1. The first-order valence-electron chi connectivity index (χ1n) is 8.99. The zero-order chi connectivity index (χ0) is 20.9. The third kappa shape index (κ3) is 5.22. The van der Waals surface area contributed by atoms with E-state index in [4.69, 9.17) is 18.6 Å². The monoisotopic (exact) mass is 404 g/mol. The fourth-order valence-corrected chi connectivity index (χ4v) is 3.01. The Morgan fingerprint density at radius 2 is 1.54 bits per heavy atom. The van der Waals surface area contributed by atoms with Gasteiger partial charge in [0.25, 0.3) is 8.32 Å². The number of nitrogens with zero attached hydrogens (tertiary/aromatic N) is 2. The summed E-state index contributed by atoms with van der Waals surface area (Å²) in [5.74, 6) is 0.0704. The Hall–Kier alpha value is -2.61. The highest BCUT2D eigenvalue weighted by atomic mass is 28.4. The minimum absolute atomic E-state index is 0.0303. The SMILES string of the molecule is COc1cc(OC)nc(OC(C(=O)O[Si](C)(C)C(C)(C)C)c2ccccc2)n1. The third-order valence-electron chi connectivity index (χ3n) is 4.78. The molecule has 0 aliphatic rings. The number of carbonyl (C=O) groups excluding carboxylic acids is 1. The molecule has 1 aromatic heterocycles. The fourth-order valence-electron chi connectivity index (χ4n) is 2.09. The Balaban J connectivity index is 2.38. The van der Waals surface area contributed by atoms with Crippen LogP contribution in [-0.2, 0) is 9.22 Å². The number of ether oxygens (including phenoxy) is 3. The van der Waals surface area contributed by atoms with Gasteiger partial charge in [0.2, 0.25) is 17.9 Å². The van der Waals surface area contributed by atoms with E-state index in [0.29, 0.717) is 5.56 Å². The van der Waals surface area contributed by atoms with E-state index in [0.717, 1.165) is 0 Å². The minimum Gasteiger partial charge on any atom is -0.516 e. The Bertz CT molecular complexity index is 784. The lowest BCUT2D eigenvalue weighted by molar-refractivity contribution is -0.144. The van der Waals surface area contributed by atoms with Crippen LogP contribution in [0, 0.1) is 0 Å². The van der Waals surface area contributed by atoms with Crippen molar-refractivity contribution in [3.8, 4) is 17.8 Å². The zero-order valence-electron chi connectivity index (χ0n) is 17.5. The van der Waals surface area contributed by atoms with Gasteiger partial charge < -0.3 is 18.6 Å². The fraction of sp³-hybridized carbons (Fsp3) is 0.450. The molecule has 7 nitrogen and oxygen atoms in total. The van der Waals surface area contributed by atoms with Crippen LogP contribution in [0.2, 0.25) is 18.1 Å². The molecule has 1 heterocycles. The number of aromatic nitrogens is 2. The van der Waals surface area contributed by atoms with Crippen LogP contribution in [-0.4, -0.2) is 38.5 Å². The predicted molar refractivity (Wildman–Crippen MR) is 108 cm³/mol. The zero-order valence-corrected chi connectivity index (χ0v) is 18.5. The Morgan fingerprint density at radius 1 is 1.00 bits per heavy atom. The third-order valence-corrected chi connectivity index (χ3v) is 9.10. The topological polar surface area (TPSA) is 79.8 Å². The molecule has 0 fully saturated rings. The molecule has 0 N–H and O–H groups in total. The lowest BCUT2D eigenvalue weighted by atomic mass is 10.1. The second kappa shape index (κ2) is 8.60. The molecule has 1 aromatic carbocycles. The smallest absolute Gasteiger partial charge is 0.338 e. The molecule has 1 unspecified atom stereocenters. The highest BCUT2D eigenvalue weighted by Gasteiger charge is 2.42. The van der Waals surface area contributed by atoms with Gasteiger partial charge in [-0.25, -0.2) is 4.79 Å². The number of rotatable bonds is 7. The summed E-state index contributed by atoms with van der Waals surface area (Å²) in [6, 6.07) is 10.6. The second-order valence-corrected chi connectivity index (χ2v) is 12.5. The summed E-state index contributed by atoms with van der Waals surface area (Å²) < 4.78 is 22.1. The standard InChI is InChI=1S/C20H28N2O5Si/c1-20(2,3)28(6,7)27-18(23)17(14-11-9-8-10-12-14)26-19-21-15(24-4)13-16(22-19)25-5/h8-13,17H,1-7H3. The van der Waals surface area contributed by atoms with Gasteiger partial charge in [-0.3, -0.25) is 0 Å². The molecule has 0 aliphatic carbocycles. The molecule has 0 saturated carbocycles. The van der Waals surface area contributed by atoms with Crippen LogP contribution in [0.15, 0.2) is 36.4 Å². The van der Waals surface area contributed by atoms with E-state index in [1.807, 2.05) is 31.3 Å². The summed E-state index contributed by atoms with van der Waals surface area (Å²) in [6.07, 6.45) is -1.01. The molecule has 152 valence electrons. The lowest BCUT2D eigenvalue weighted by Gasteiger charge is -2.36. The number of methoxy groups -OCH3 is 2. The van der Waals surface area contributed by atoms with Crippen molar-refractivity contribution in [1.29, 1.82) is 0 Å². The van der Waals surface area contributed by atoms with Gasteiger partial charge in [0.1, 0.15) is 0 Å². The van der Waals surface area contributed by atoms with Gasteiger partial charge in [-0.15, -0.1) is 0 Å². The van der Waals surface area contributed by atoms with E-state index in [9.17, 15) is 4.79 Å². The number of carbonyl (C=O) groups is 1. The molecule has 0 bridgehead atoms. The molecular formula is C20H28N2O5Si. The van der Waals surface area contributed by atoms with Gasteiger partial charge in [0.15, 0.2) is 0 Å². The van der Waals surface area contributed by atoms with Gasteiger partial charge in [0, 0.05) is 5.56 Å². The van der Waals surface area contributed by atoms with E-state index in [1.54, 1.807) is 12.1 Å². The van der Waals surface area contributed by atoms with E-state index < -0.39 is 20.4 Å². The largest absolute Gasteiger partial charge is 0.516 e. The molecule has 0 radical (unpaired) electrons. The lowest BCUT2D eigenvalue weighted by Crippen LogP contribution is -2.44. The van der Waals surface area contributed by atoms with Gasteiger partial charge in [0.05, 0.1) is 20.3 Å². The van der Waals surface area contributed by atoms with Gasteiger partial charge in [-0.1, -0.05) is 51.1 Å². The summed E-state index contributed by atoms with van der Waals surface area (Å²) in [5, 5.41) is -0.125. The molecule has 0 aliphatic heterocycles. The molecule has 2 aromatic rings. The quantitative estimate of drug-likeness (QED) is 0.641. The van der Waals surface area contributed by atoms with E-state index in [2.05, 4.69) is 30.7 Å². The van der Waals surface area contributed by atoms with Crippen molar-refractivity contribution in [2.45, 2.75) is 45.0 Å². The summed E-state index contributed by atoms with van der Waals surface area (Å²) in [6.45, 7) is 10.2. The second-order valence-electron chi connectivity index (χ2n) is 7.83. The summed E-state index contributed by atoms with van der Waals surface area (Å²) >= 11 is 0. The van der Waals surface area contributed by atoms with Crippen molar-refractivity contribution in [3.63, 3.8) is 0 Å². The first-order valence-corrected chi connectivity index (χ1v) is 11.9. The van der Waals surface area contributed by atoms with Crippen LogP contribution >= 0.6 is 0 Å². The van der Waals surface area contributed by atoms with E-state index >= 15 is 0 Å². The molecule has 1 atom stereocenters. The van der Waals surface area contributed by atoms with Crippen molar-refractivity contribution in [1.82, 2.24) is 9.97 Å². The summed E-state index contributed by atoms with van der Waals surface area (Å²) in [7, 11) is 0.620. The highest BCUT2D eigenvalue weighted by Crippen LogP contribution is 2.38. The maximum absolute atomic E-state index is 13.1. The highest BCUT2D eigenvalue weighted by molar-refractivity contribution is 6.75. The minimum atomic E-state index is -2.34. The van der Waals surface area contributed by atoms with Crippen molar-refractivity contribution in [3.05, 3.63) is 42.0 Å². The Labute approximate surface area is 167 Å². The van der Waals surface area contributed by atoms with Crippen molar-refractivity contribution in [2.24, 2.45) is 0 Å². The van der Waals surface area contributed by atoms with Crippen LogP contribution < -0.4 is 14.2 Å². The number of benzene rings is 1. The predicted octanol–water partition coefficient (Wildman–Crippen LogP) is 4.16. The molecule has 0 spiro atoms. The van der Waals surface area contributed by atoms with Crippen LogP contribution in [0.5, 0.6) is 17.8 Å². The summed E-state index contributed by atoms with van der Waals surface area (Å²) in [5.41, 5.74) is 0.650. The first-order chi connectivity index (χ1) is 13.1. The Kier molecular flexibility index (Phi) is 6.66. The van der Waals surface area contributed by atoms with Crippen molar-refractivity contribution >= 4 is 14.3 Å². The maximum Gasteiger partial charge on any atom is 0.338 e. The molecule has 8 heteroatoms. The number of hydrogen-bond acceptors (Lipinski definition) is 7. The normalized spacial score (nSPS) is 12.8. The van der Waals surface area contributed by atoms with Crippen LogP contribution in [0.3, 0.4) is 0 Å². The summed E-state index contributed by atoms with van der Waals surface area (Å²) in [4.78, 5) is 21.4. The van der Waals surface area contributed by atoms with Crippen LogP contribution in [0.1, 0.15) is 32.4 Å². The Morgan fingerprint density at radius 3 is 2.00 bits per heavy atom. The number of hydrogen-bond donors (Lipinski definition) is 0. The first kappa shape index (κ1) is 21.7. The molecule has 2 rings (SSSR count). The van der Waals surface area contributed by atoms with Crippen molar-refractivity contribution < 1.29 is 23.4 Å². The van der Waals surface area contributed by atoms with Gasteiger partial charge >= 0.3 is 12.0 Å². The molecule has 0 saturated heterocycles. The van der Waals surface area contributed by atoms with Crippen LogP contribution in [0.25, 0.3) is 0 Å². The average molecular weight is 405 g/mol. The molecular weight excluding hydrogens is 376 g/mol. The average Bonchev–Trinajstić information content (AvgIpc) is 2.65. The van der Waals surface area contributed by atoms with E-state index in [-0.39, 0.29) is 22.8 Å². The van der Waals surface area contributed by atoms with Crippen molar-refractivity contribution in [2.75, 3.05) is 14.2 Å². The van der Waals surface area contributed by atoms with Gasteiger partial charge in [-0.05, 0) is 18.1 Å². The molecule has 0 amide bonds. The molecule has 28 heavy (non-hydrogen) atoms. The van der Waals surface area contributed by atoms with E-state index in [1.165, 1.54) is 20.3 Å².